The summed E-state index contributed by atoms with van der Waals surface area (Å²) in [6, 6.07) is 0. The van der Waals surface area contributed by atoms with Gasteiger partial charge in [0.1, 0.15) is 11.4 Å². The fraction of sp³-hybridized carbons (Fsp3) is 0.600. The Bertz CT molecular complexity index is 949. The van der Waals surface area contributed by atoms with E-state index in [4.69, 9.17) is 4.74 Å². The summed E-state index contributed by atoms with van der Waals surface area (Å²) in [6.07, 6.45) is 3.05. The minimum absolute atomic E-state index is 0.0832. The standard InChI is InChI=1S/C20H29N5O4S/c1-3-5-21-15(26)12-25-13-23-19-16(20(25)28)14(2)17(30-19)18(27)22-6-4-7-24-8-10-29-11-9-24/h13H,3-12H2,1-2H3,(H,21,26)(H,22,27). The second-order valence-electron chi connectivity index (χ2n) is 7.33. The molecule has 0 radical (unpaired) electrons. The van der Waals surface area contributed by atoms with E-state index in [9.17, 15) is 14.4 Å². The van der Waals surface area contributed by atoms with E-state index in [0.29, 0.717) is 33.7 Å². The molecule has 0 spiro atoms. The second kappa shape index (κ2) is 10.6. The topological polar surface area (TPSA) is 106 Å². The van der Waals surface area contributed by atoms with Gasteiger partial charge in [-0.2, -0.15) is 0 Å². The van der Waals surface area contributed by atoms with E-state index < -0.39 is 0 Å². The molecule has 2 N–H and O–H groups in total. The summed E-state index contributed by atoms with van der Waals surface area (Å²) >= 11 is 1.21. The number of hydrogen-bond acceptors (Lipinski definition) is 7. The summed E-state index contributed by atoms with van der Waals surface area (Å²) in [5.41, 5.74) is 0.313. The summed E-state index contributed by atoms with van der Waals surface area (Å²) in [5.74, 6) is -0.421. The molecule has 164 valence electrons. The predicted molar refractivity (Wildman–Crippen MR) is 116 cm³/mol. The summed E-state index contributed by atoms with van der Waals surface area (Å²) in [5, 5.41) is 6.10. The van der Waals surface area contributed by atoms with Crippen LogP contribution in [-0.4, -0.2) is 72.2 Å². The number of fused-ring (bicyclic) bond motifs is 1. The fourth-order valence-corrected chi connectivity index (χ4v) is 4.43. The number of thiophene rings is 1. The van der Waals surface area contributed by atoms with Crippen LogP contribution in [0.15, 0.2) is 11.1 Å². The SMILES string of the molecule is CCCNC(=O)Cn1cnc2sc(C(=O)NCCCN3CCOCC3)c(C)c2c1=O. The van der Waals surface area contributed by atoms with Gasteiger partial charge in [0.2, 0.25) is 5.91 Å². The smallest absolute Gasteiger partial charge is 0.262 e. The normalized spacial score (nSPS) is 14.7. The van der Waals surface area contributed by atoms with E-state index in [2.05, 4.69) is 20.5 Å². The Balaban J connectivity index is 1.63. The number of aryl methyl sites for hydroxylation is 1. The Morgan fingerprint density at radius 3 is 2.73 bits per heavy atom. The molecule has 9 nitrogen and oxygen atoms in total. The maximum Gasteiger partial charge on any atom is 0.262 e. The molecule has 0 unspecified atom stereocenters. The lowest BCUT2D eigenvalue weighted by Crippen LogP contribution is -2.38. The number of aromatic nitrogens is 2. The van der Waals surface area contributed by atoms with E-state index in [0.717, 1.165) is 45.7 Å². The van der Waals surface area contributed by atoms with Crippen LogP contribution in [-0.2, 0) is 16.1 Å². The Morgan fingerprint density at radius 1 is 1.23 bits per heavy atom. The van der Waals surface area contributed by atoms with Gasteiger partial charge in [0.25, 0.3) is 11.5 Å². The largest absolute Gasteiger partial charge is 0.379 e. The molecule has 2 amide bonds. The summed E-state index contributed by atoms with van der Waals surface area (Å²) in [6.45, 7) is 9.07. The van der Waals surface area contributed by atoms with Crippen LogP contribution < -0.4 is 16.2 Å². The molecule has 1 aliphatic heterocycles. The van der Waals surface area contributed by atoms with Gasteiger partial charge in [-0.1, -0.05) is 6.92 Å². The van der Waals surface area contributed by atoms with E-state index in [1.165, 1.54) is 22.2 Å². The maximum absolute atomic E-state index is 12.8. The van der Waals surface area contributed by atoms with Crippen molar-refractivity contribution in [2.75, 3.05) is 45.9 Å². The van der Waals surface area contributed by atoms with Gasteiger partial charge in [-0.3, -0.25) is 23.9 Å². The highest BCUT2D eigenvalue weighted by Crippen LogP contribution is 2.26. The Hall–Kier alpha value is -2.30. The molecule has 2 aromatic rings. The zero-order chi connectivity index (χ0) is 21.5. The number of nitrogens with zero attached hydrogens (tertiary/aromatic N) is 3. The van der Waals surface area contributed by atoms with Gasteiger partial charge in [-0.25, -0.2) is 4.98 Å². The summed E-state index contributed by atoms with van der Waals surface area (Å²) in [4.78, 5) is 45.1. The molecule has 30 heavy (non-hydrogen) atoms. The Morgan fingerprint density at radius 2 is 2.00 bits per heavy atom. The van der Waals surface area contributed by atoms with Crippen LogP contribution in [0, 0.1) is 6.92 Å². The van der Waals surface area contributed by atoms with Crippen molar-refractivity contribution in [3.63, 3.8) is 0 Å². The highest BCUT2D eigenvalue weighted by Gasteiger charge is 2.20. The quantitative estimate of drug-likeness (QED) is 0.563. The van der Waals surface area contributed by atoms with Crippen molar-refractivity contribution in [2.24, 2.45) is 0 Å². The van der Waals surface area contributed by atoms with Crippen molar-refractivity contribution in [1.82, 2.24) is 25.1 Å². The molecule has 0 saturated carbocycles. The fourth-order valence-electron chi connectivity index (χ4n) is 3.37. The molecular weight excluding hydrogens is 406 g/mol. The van der Waals surface area contributed by atoms with E-state index >= 15 is 0 Å². The number of hydrogen-bond donors (Lipinski definition) is 2. The molecule has 0 aliphatic carbocycles. The Labute approximate surface area is 179 Å². The van der Waals surface area contributed by atoms with Gasteiger partial charge in [-0.15, -0.1) is 11.3 Å². The minimum atomic E-state index is -0.299. The molecule has 0 bridgehead atoms. The first kappa shape index (κ1) is 22.4. The van der Waals surface area contributed by atoms with Crippen LogP contribution in [0.1, 0.15) is 35.0 Å². The number of amides is 2. The van der Waals surface area contributed by atoms with Crippen molar-refractivity contribution >= 4 is 33.4 Å². The number of ether oxygens (including phenoxy) is 1. The first-order valence-corrected chi connectivity index (χ1v) is 11.2. The van der Waals surface area contributed by atoms with E-state index in [-0.39, 0.29) is 23.9 Å². The van der Waals surface area contributed by atoms with Crippen LogP contribution in [0.4, 0.5) is 0 Å². The molecule has 1 saturated heterocycles. The zero-order valence-electron chi connectivity index (χ0n) is 17.5. The molecule has 1 aliphatic rings. The van der Waals surface area contributed by atoms with Crippen LogP contribution in [0.2, 0.25) is 0 Å². The molecule has 10 heteroatoms. The first-order valence-electron chi connectivity index (χ1n) is 10.3. The third-order valence-corrected chi connectivity index (χ3v) is 6.25. The highest BCUT2D eigenvalue weighted by molar-refractivity contribution is 7.20. The number of rotatable bonds is 9. The van der Waals surface area contributed by atoms with Crippen molar-refractivity contribution in [1.29, 1.82) is 0 Å². The van der Waals surface area contributed by atoms with E-state index in [1.807, 2.05) is 6.92 Å². The van der Waals surface area contributed by atoms with E-state index in [1.54, 1.807) is 6.92 Å². The minimum Gasteiger partial charge on any atom is -0.379 e. The average Bonchev–Trinajstić information content (AvgIpc) is 3.09. The van der Waals surface area contributed by atoms with Crippen molar-refractivity contribution in [3.05, 3.63) is 27.1 Å². The number of nitrogens with one attached hydrogen (secondary N) is 2. The van der Waals surface area contributed by atoms with Crippen molar-refractivity contribution in [3.8, 4) is 0 Å². The third kappa shape index (κ3) is 5.44. The van der Waals surface area contributed by atoms with Gasteiger partial charge in [-0.05, 0) is 31.9 Å². The highest BCUT2D eigenvalue weighted by atomic mass is 32.1. The monoisotopic (exact) mass is 435 g/mol. The number of carbonyl (C=O) groups is 2. The Kier molecular flexibility index (Phi) is 7.94. The third-order valence-electron chi connectivity index (χ3n) is 5.05. The van der Waals surface area contributed by atoms with Crippen LogP contribution in [0.5, 0.6) is 0 Å². The summed E-state index contributed by atoms with van der Waals surface area (Å²) in [7, 11) is 0. The first-order chi connectivity index (χ1) is 14.5. The summed E-state index contributed by atoms with van der Waals surface area (Å²) < 4.78 is 6.62. The van der Waals surface area contributed by atoms with Crippen molar-refractivity contribution in [2.45, 2.75) is 33.2 Å². The van der Waals surface area contributed by atoms with Gasteiger partial charge in [0.15, 0.2) is 0 Å². The predicted octanol–water partition coefficient (Wildman–Crippen LogP) is 0.745. The van der Waals surface area contributed by atoms with Crippen LogP contribution in [0.25, 0.3) is 10.2 Å². The zero-order valence-corrected chi connectivity index (χ0v) is 18.3. The molecule has 3 heterocycles. The average molecular weight is 436 g/mol. The van der Waals surface area contributed by atoms with Gasteiger partial charge in [0.05, 0.1) is 29.8 Å². The lowest BCUT2D eigenvalue weighted by Gasteiger charge is -2.26. The number of carbonyl (C=O) groups excluding carboxylic acids is 2. The van der Waals surface area contributed by atoms with Gasteiger partial charge in [0, 0.05) is 26.2 Å². The second-order valence-corrected chi connectivity index (χ2v) is 8.33. The van der Waals surface area contributed by atoms with Crippen LogP contribution >= 0.6 is 11.3 Å². The maximum atomic E-state index is 12.8. The molecule has 1 fully saturated rings. The number of morpholine rings is 1. The molecule has 0 atom stereocenters. The molecule has 0 aromatic carbocycles. The van der Waals surface area contributed by atoms with Gasteiger partial charge < -0.3 is 15.4 Å². The lowest BCUT2D eigenvalue weighted by molar-refractivity contribution is -0.121. The molecule has 3 rings (SSSR count). The van der Waals surface area contributed by atoms with Crippen LogP contribution in [0.3, 0.4) is 0 Å². The lowest BCUT2D eigenvalue weighted by atomic mass is 10.2. The van der Waals surface area contributed by atoms with Crippen molar-refractivity contribution < 1.29 is 14.3 Å². The van der Waals surface area contributed by atoms with Gasteiger partial charge >= 0.3 is 0 Å². The molecular formula is C20H29N5O4S. The molecule has 2 aromatic heterocycles.